The summed E-state index contributed by atoms with van der Waals surface area (Å²) in [6.07, 6.45) is -3.03. The molecule has 1 heterocycles. The van der Waals surface area contributed by atoms with E-state index in [0.717, 1.165) is 31.5 Å². The van der Waals surface area contributed by atoms with E-state index in [0.29, 0.717) is 17.8 Å². The lowest BCUT2D eigenvalue weighted by Gasteiger charge is -2.25. The van der Waals surface area contributed by atoms with Crippen LogP contribution in [-0.4, -0.2) is 53.6 Å². The first-order valence-electron chi connectivity index (χ1n) is 9.87. The Morgan fingerprint density at radius 3 is 2.12 bits per heavy atom. The van der Waals surface area contributed by atoms with Crippen LogP contribution in [0.5, 0.6) is 0 Å². The number of hydrogen-bond donors (Lipinski definition) is 2. The lowest BCUT2D eigenvalue weighted by Crippen LogP contribution is -2.42. The molecule has 7 nitrogen and oxygen atoms in total. The van der Waals surface area contributed by atoms with Gasteiger partial charge in [-0.3, -0.25) is 14.5 Å². The van der Waals surface area contributed by atoms with Crippen molar-refractivity contribution in [3.63, 3.8) is 0 Å². The number of carboxylic acids is 1. The Morgan fingerprint density at radius 1 is 1.00 bits per heavy atom. The smallest absolute Gasteiger partial charge is 0.475 e. The van der Waals surface area contributed by atoms with Gasteiger partial charge < -0.3 is 15.7 Å². The van der Waals surface area contributed by atoms with Crippen LogP contribution in [0.3, 0.4) is 0 Å². The lowest BCUT2D eigenvalue weighted by molar-refractivity contribution is -0.192. The van der Waals surface area contributed by atoms with Crippen LogP contribution in [0.4, 0.5) is 18.9 Å². The first-order valence-corrected chi connectivity index (χ1v) is 9.87. The molecular weight excluding hydrogens is 427 g/mol. The normalized spacial score (nSPS) is 13.2. The molecule has 3 N–H and O–H groups in total. The average Bonchev–Trinajstić information content (AvgIpc) is 3.32. The second kappa shape index (κ2) is 11.3. The fraction of sp³-hybridized carbons (Fsp3) is 0.318. The fourth-order valence-corrected chi connectivity index (χ4v) is 3.07. The molecule has 0 saturated carbocycles. The van der Waals surface area contributed by atoms with Gasteiger partial charge in [0.15, 0.2) is 0 Å². The molecule has 2 aromatic rings. The number of nitrogens with two attached hydrogens (primary N) is 1. The maximum Gasteiger partial charge on any atom is 0.490 e. The summed E-state index contributed by atoms with van der Waals surface area (Å²) in [5, 5.41) is 7.12. The van der Waals surface area contributed by atoms with Crippen molar-refractivity contribution in [2.45, 2.75) is 25.6 Å². The summed E-state index contributed by atoms with van der Waals surface area (Å²) < 4.78 is 31.7. The Morgan fingerprint density at radius 2 is 1.59 bits per heavy atom. The zero-order valence-electron chi connectivity index (χ0n) is 17.2. The van der Waals surface area contributed by atoms with Crippen molar-refractivity contribution in [2.75, 3.05) is 24.5 Å². The van der Waals surface area contributed by atoms with Gasteiger partial charge in [-0.2, -0.15) is 13.2 Å². The molecule has 0 atom stereocenters. The van der Waals surface area contributed by atoms with E-state index in [1.165, 1.54) is 0 Å². The molecule has 0 aliphatic carbocycles. The molecule has 0 bridgehead atoms. The predicted octanol–water partition coefficient (Wildman–Crippen LogP) is 3.05. The first kappa shape index (κ1) is 24.9. The highest BCUT2D eigenvalue weighted by molar-refractivity contribution is 6.08. The molecule has 0 spiro atoms. The van der Waals surface area contributed by atoms with Crippen molar-refractivity contribution in [3.8, 4) is 0 Å². The molecule has 172 valence electrons. The third-order valence-electron chi connectivity index (χ3n) is 4.72. The Labute approximate surface area is 183 Å². The number of rotatable bonds is 5. The van der Waals surface area contributed by atoms with E-state index in [-0.39, 0.29) is 18.4 Å². The second-order valence-corrected chi connectivity index (χ2v) is 7.02. The predicted molar refractivity (Wildman–Crippen MR) is 112 cm³/mol. The van der Waals surface area contributed by atoms with Gasteiger partial charge in [-0.15, -0.1) is 0 Å². The number of alkyl halides is 3. The summed E-state index contributed by atoms with van der Waals surface area (Å²) in [6, 6.07) is 16.5. The molecule has 1 saturated heterocycles. The van der Waals surface area contributed by atoms with Gasteiger partial charge >= 0.3 is 12.1 Å². The summed E-state index contributed by atoms with van der Waals surface area (Å²) in [5.41, 5.74) is 7.92. The monoisotopic (exact) mass is 451 g/mol. The number of benzene rings is 2. The number of nitrogens with zero attached hydrogens (tertiary/aromatic N) is 2. The van der Waals surface area contributed by atoms with E-state index in [9.17, 15) is 22.8 Å². The van der Waals surface area contributed by atoms with Gasteiger partial charge in [-0.1, -0.05) is 30.3 Å². The summed E-state index contributed by atoms with van der Waals surface area (Å²) in [4.78, 5) is 37.9. The molecule has 2 aromatic carbocycles. The minimum atomic E-state index is -5.08. The van der Waals surface area contributed by atoms with Crippen molar-refractivity contribution < 1.29 is 32.7 Å². The van der Waals surface area contributed by atoms with Crippen molar-refractivity contribution in [1.29, 1.82) is 0 Å². The van der Waals surface area contributed by atoms with Gasteiger partial charge in [-0.25, -0.2) is 4.79 Å². The Kier molecular flexibility index (Phi) is 8.77. The molecule has 2 amide bonds. The van der Waals surface area contributed by atoms with Crippen molar-refractivity contribution in [3.05, 3.63) is 65.7 Å². The van der Waals surface area contributed by atoms with Gasteiger partial charge in [-0.05, 0) is 42.7 Å². The van der Waals surface area contributed by atoms with E-state index in [1.54, 1.807) is 17.0 Å². The van der Waals surface area contributed by atoms with Crippen molar-refractivity contribution >= 4 is 23.5 Å². The number of aliphatic carboxylic acids is 1. The maximum absolute atomic E-state index is 13.0. The molecule has 3 rings (SSSR count). The SMILES string of the molecule is NCc1cccc(N(CC(=O)N2CCCC2)C(=O)c2ccccc2)c1.O=C(O)C(F)(F)F. The van der Waals surface area contributed by atoms with Crippen LogP contribution in [0.15, 0.2) is 54.6 Å². The van der Waals surface area contributed by atoms with Crippen LogP contribution in [0.25, 0.3) is 0 Å². The number of carbonyl (C=O) groups excluding carboxylic acids is 2. The van der Waals surface area contributed by atoms with Gasteiger partial charge in [0.1, 0.15) is 6.54 Å². The number of amides is 2. The van der Waals surface area contributed by atoms with E-state index in [4.69, 9.17) is 15.6 Å². The maximum atomic E-state index is 13.0. The van der Waals surface area contributed by atoms with Gasteiger partial charge in [0.25, 0.3) is 5.91 Å². The van der Waals surface area contributed by atoms with Crippen LogP contribution < -0.4 is 10.6 Å². The molecule has 1 aliphatic rings. The summed E-state index contributed by atoms with van der Waals surface area (Å²) >= 11 is 0. The van der Waals surface area contributed by atoms with Gasteiger partial charge in [0.2, 0.25) is 5.91 Å². The average molecular weight is 451 g/mol. The topological polar surface area (TPSA) is 104 Å². The highest BCUT2D eigenvalue weighted by Gasteiger charge is 2.38. The standard InChI is InChI=1S/C20H23N3O2.C2HF3O2/c21-14-16-7-6-10-18(13-16)23(15-19(24)22-11-4-5-12-22)20(25)17-8-2-1-3-9-17;3-2(4,5)1(6)7/h1-3,6-10,13H,4-5,11-12,14-15,21H2;(H,6,7). The third kappa shape index (κ3) is 7.09. The minimum absolute atomic E-state index is 0.0140. The molecule has 32 heavy (non-hydrogen) atoms. The molecule has 0 aromatic heterocycles. The van der Waals surface area contributed by atoms with Crippen molar-refractivity contribution in [2.24, 2.45) is 5.73 Å². The Balaban J connectivity index is 0.000000451. The number of likely N-dealkylation sites (tertiary alicyclic amines) is 1. The highest BCUT2D eigenvalue weighted by atomic mass is 19.4. The zero-order chi connectivity index (χ0) is 23.7. The second-order valence-electron chi connectivity index (χ2n) is 7.02. The summed E-state index contributed by atoms with van der Waals surface area (Å²) in [5.74, 6) is -2.95. The lowest BCUT2D eigenvalue weighted by atomic mass is 10.1. The molecule has 1 aliphatic heterocycles. The molecular formula is C22H24F3N3O4. The number of halogens is 3. The highest BCUT2D eigenvalue weighted by Crippen LogP contribution is 2.20. The van der Waals surface area contributed by atoms with Crippen LogP contribution in [0.2, 0.25) is 0 Å². The van der Waals surface area contributed by atoms with E-state index in [2.05, 4.69) is 0 Å². The van der Waals surface area contributed by atoms with Crippen LogP contribution >= 0.6 is 0 Å². The third-order valence-corrected chi connectivity index (χ3v) is 4.72. The fourth-order valence-electron chi connectivity index (χ4n) is 3.07. The van der Waals surface area contributed by atoms with Crippen molar-refractivity contribution in [1.82, 2.24) is 4.90 Å². The van der Waals surface area contributed by atoms with Crippen LogP contribution in [0, 0.1) is 0 Å². The van der Waals surface area contributed by atoms with Gasteiger partial charge in [0.05, 0.1) is 0 Å². The number of hydrogen-bond acceptors (Lipinski definition) is 4. The van der Waals surface area contributed by atoms with E-state index < -0.39 is 12.1 Å². The van der Waals surface area contributed by atoms with Crippen LogP contribution in [-0.2, 0) is 16.1 Å². The Bertz CT molecular complexity index is 930. The van der Waals surface area contributed by atoms with E-state index >= 15 is 0 Å². The quantitative estimate of drug-likeness (QED) is 0.727. The largest absolute Gasteiger partial charge is 0.490 e. The molecule has 1 fully saturated rings. The molecule has 10 heteroatoms. The summed E-state index contributed by atoms with van der Waals surface area (Å²) in [6.45, 7) is 1.98. The summed E-state index contributed by atoms with van der Waals surface area (Å²) in [7, 11) is 0. The molecule has 0 radical (unpaired) electrons. The number of carboxylic acid groups (broad SMARTS) is 1. The Hall–Kier alpha value is -3.40. The minimum Gasteiger partial charge on any atom is -0.475 e. The first-order chi connectivity index (χ1) is 15.1. The van der Waals surface area contributed by atoms with Crippen LogP contribution in [0.1, 0.15) is 28.8 Å². The zero-order valence-corrected chi connectivity index (χ0v) is 17.2. The molecule has 0 unspecified atom stereocenters. The van der Waals surface area contributed by atoms with Gasteiger partial charge in [0, 0.05) is 30.9 Å². The van der Waals surface area contributed by atoms with E-state index in [1.807, 2.05) is 47.4 Å². The number of anilines is 1. The number of carbonyl (C=O) groups is 3.